The first-order chi connectivity index (χ1) is 5.33. The molecule has 0 atom stereocenters. The minimum atomic E-state index is 0.282. The van der Waals surface area contributed by atoms with Gasteiger partial charge in [-0.1, -0.05) is 24.3 Å². The zero-order valence-electron chi connectivity index (χ0n) is 6.20. The molecular formula is C9H11NO. The van der Waals surface area contributed by atoms with Gasteiger partial charge < -0.3 is 10.8 Å². The van der Waals surface area contributed by atoms with Crippen LogP contribution in [0.25, 0.3) is 6.08 Å². The Morgan fingerprint density at radius 2 is 2.27 bits per heavy atom. The van der Waals surface area contributed by atoms with Crippen LogP contribution < -0.4 is 5.73 Å². The van der Waals surface area contributed by atoms with Gasteiger partial charge in [-0.15, -0.1) is 0 Å². The van der Waals surface area contributed by atoms with Crippen molar-refractivity contribution >= 4 is 6.08 Å². The van der Waals surface area contributed by atoms with Crippen LogP contribution in [-0.2, 0) is 0 Å². The van der Waals surface area contributed by atoms with E-state index in [9.17, 15) is 0 Å². The summed E-state index contributed by atoms with van der Waals surface area (Å²) in [6, 6.07) is 7.03. The van der Waals surface area contributed by atoms with Crippen molar-refractivity contribution in [1.29, 1.82) is 0 Å². The molecule has 0 aromatic heterocycles. The van der Waals surface area contributed by atoms with E-state index in [2.05, 4.69) is 0 Å². The lowest BCUT2D eigenvalue weighted by Crippen LogP contribution is -1.91. The fourth-order valence-electron chi connectivity index (χ4n) is 0.833. The first-order valence-electron chi connectivity index (χ1n) is 3.48. The van der Waals surface area contributed by atoms with Crippen LogP contribution in [-0.4, -0.2) is 11.7 Å². The largest absolute Gasteiger partial charge is 0.508 e. The van der Waals surface area contributed by atoms with E-state index in [4.69, 9.17) is 10.8 Å². The fourth-order valence-corrected chi connectivity index (χ4v) is 0.833. The van der Waals surface area contributed by atoms with Gasteiger partial charge in [0, 0.05) is 6.54 Å². The van der Waals surface area contributed by atoms with Gasteiger partial charge in [-0.2, -0.15) is 0 Å². The Morgan fingerprint density at radius 3 is 2.91 bits per heavy atom. The predicted octanol–water partition coefficient (Wildman–Crippen LogP) is 1.36. The minimum absolute atomic E-state index is 0.282. The van der Waals surface area contributed by atoms with Gasteiger partial charge in [0.2, 0.25) is 0 Å². The molecule has 58 valence electrons. The second-order valence-corrected chi connectivity index (χ2v) is 2.23. The highest BCUT2D eigenvalue weighted by Crippen LogP contribution is 2.11. The van der Waals surface area contributed by atoms with Crippen LogP contribution in [0.5, 0.6) is 5.75 Å². The van der Waals surface area contributed by atoms with E-state index < -0.39 is 0 Å². The topological polar surface area (TPSA) is 46.2 Å². The molecule has 0 radical (unpaired) electrons. The molecule has 0 bridgehead atoms. The van der Waals surface area contributed by atoms with Crippen molar-refractivity contribution in [2.75, 3.05) is 6.54 Å². The quantitative estimate of drug-likeness (QED) is 0.667. The molecule has 11 heavy (non-hydrogen) atoms. The van der Waals surface area contributed by atoms with Crippen LogP contribution in [0.4, 0.5) is 0 Å². The first-order valence-corrected chi connectivity index (χ1v) is 3.48. The summed E-state index contributed by atoms with van der Waals surface area (Å²) in [6.07, 6.45) is 3.72. The fraction of sp³-hybridized carbons (Fsp3) is 0.111. The Labute approximate surface area is 66.0 Å². The highest BCUT2D eigenvalue weighted by atomic mass is 16.3. The number of hydrogen-bond donors (Lipinski definition) is 2. The van der Waals surface area contributed by atoms with E-state index in [1.165, 1.54) is 0 Å². The smallest absolute Gasteiger partial charge is 0.116 e. The second kappa shape index (κ2) is 3.78. The van der Waals surface area contributed by atoms with E-state index in [-0.39, 0.29) is 5.75 Å². The van der Waals surface area contributed by atoms with Gasteiger partial charge in [0.15, 0.2) is 0 Å². The highest BCUT2D eigenvalue weighted by Gasteiger charge is 1.87. The molecule has 0 heterocycles. The summed E-state index contributed by atoms with van der Waals surface area (Å²) in [6.45, 7) is 0.523. The molecule has 0 unspecified atom stereocenters. The van der Waals surface area contributed by atoms with E-state index in [0.29, 0.717) is 6.54 Å². The van der Waals surface area contributed by atoms with Gasteiger partial charge >= 0.3 is 0 Å². The molecule has 1 aromatic rings. The molecule has 0 spiro atoms. The monoisotopic (exact) mass is 149 g/mol. The van der Waals surface area contributed by atoms with Crippen LogP contribution in [0.1, 0.15) is 5.56 Å². The predicted molar refractivity (Wildman–Crippen MR) is 46.2 cm³/mol. The standard InChI is InChI=1S/C9H11NO/c10-6-2-4-8-3-1-5-9(11)7-8/h1-5,7,11H,6,10H2/b4-2+. The summed E-state index contributed by atoms with van der Waals surface area (Å²) in [5.41, 5.74) is 6.23. The number of nitrogens with two attached hydrogens (primary N) is 1. The van der Waals surface area contributed by atoms with Crippen molar-refractivity contribution in [1.82, 2.24) is 0 Å². The van der Waals surface area contributed by atoms with Gasteiger partial charge in [-0.05, 0) is 17.7 Å². The maximum atomic E-state index is 9.05. The molecule has 1 aromatic carbocycles. The lowest BCUT2D eigenvalue weighted by molar-refractivity contribution is 0.475. The van der Waals surface area contributed by atoms with Gasteiger partial charge in [0.05, 0.1) is 0 Å². The van der Waals surface area contributed by atoms with Crippen LogP contribution >= 0.6 is 0 Å². The number of phenols is 1. The molecule has 2 nitrogen and oxygen atoms in total. The molecule has 2 heteroatoms. The average molecular weight is 149 g/mol. The lowest BCUT2D eigenvalue weighted by Gasteiger charge is -1.93. The highest BCUT2D eigenvalue weighted by molar-refractivity contribution is 5.51. The third-order valence-corrected chi connectivity index (χ3v) is 1.32. The molecule has 0 amide bonds. The SMILES string of the molecule is NC/C=C/c1cccc(O)c1. The summed E-state index contributed by atoms with van der Waals surface area (Å²) >= 11 is 0. The van der Waals surface area contributed by atoms with Gasteiger partial charge in [0.25, 0.3) is 0 Å². The summed E-state index contributed by atoms with van der Waals surface area (Å²) in [5, 5.41) is 9.05. The summed E-state index contributed by atoms with van der Waals surface area (Å²) in [4.78, 5) is 0. The number of rotatable bonds is 2. The lowest BCUT2D eigenvalue weighted by atomic mass is 10.2. The van der Waals surface area contributed by atoms with Crippen LogP contribution in [0.15, 0.2) is 30.3 Å². The Kier molecular flexibility index (Phi) is 2.69. The van der Waals surface area contributed by atoms with Gasteiger partial charge in [0.1, 0.15) is 5.75 Å². The van der Waals surface area contributed by atoms with E-state index in [0.717, 1.165) is 5.56 Å². The summed E-state index contributed by atoms with van der Waals surface area (Å²) in [5.74, 6) is 0.282. The zero-order valence-corrected chi connectivity index (χ0v) is 6.20. The molecule has 3 N–H and O–H groups in total. The first kappa shape index (κ1) is 7.82. The average Bonchev–Trinajstić information content (AvgIpc) is 2.01. The van der Waals surface area contributed by atoms with Crippen molar-refractivity contribution in [2.45, 2.75) is 0 Å². The molecule has 0 aliphatic carbocycles. The molecule has 0 aliphatic rings. The van der Waals surface area contributed by atoms with Crippen molar-refractivity contribution in [3.63, 3.8) is 0 Å². The summed E-state index contributed by atoms with van der Waals surface area (Å²) in [7, 11) is 0. The van der Waals surface area contributed by atoms with Crippen molar-refractivity contribution in [2.24, 2.45) is 5.73 Å². The van der Waals surface area contributed by atoms with Crippen LogP contribution in [0, 0.1) is 0 Å². The van der Waals surface area contributed by atoms with Crippen molar-refractivity contribution < 1.29 is 5.11 Å². The van der Waals surface area contributed by atoms with Crippen LogP contribution in [0.2, 0.25) is 0 Å². The minimum Gasteiger partial charge on any atom is -0.508 e. The van der Waals surface area contributed by atoms with E-state index in [1.54, 1.807) is 18.2 Å². The Hall–Kier alpha value is -1.28. The van der Waals surface area contributed by atoms with Gasteiger partial charge in [-0.25, -0.2) is 0 Å². The van der Waals surface area contributed by atoms with E-state index in [1.807, 2.05) is 18.2 Å². The van der Waals surface area contributed by atoms with Crippen molar-refractivity contribution in [3.05, 3.63) is 35.9 Å². The normalized spacial score (nSPS) is 10.6. The Balaban J connectivity index is 2.79. The van der Waals surface area contributed by atoms with Crippen LogP contribution in [0.3, 0.4) is 0 Å². The number of aromatic hydroxyl groups is 1. The Morgan fingerprint density at radius 1 is 1.45 bits per heavy atom. The van der Waals surface area contributed by atoms with E-state index >= 15 is 0 Å². The maximum Gasteiger partial charge on any atom is 0.116 e. The second-order valence-electron chi connectivity index (χ2n) is 2.23. The number of phenolic OH excluding ortho intramolecular Hbond substituents is 1. The molecule has 0 saturated heterocycles. The third-order valence-electron chi connectivity index (χ3n) is 1.32. The summed E-state index contributed by atoms with van der Waals surface area (Å²) < 4.78 is 0. The molecule has 0 saturated carbocycles. The molecule has 1 rings (SSSR count). The third kappa shape index (κ3) is 2.43. The molecule has 0 aliphatic heterocycles. The maximum absolute atomic E-state index is 9.05. The van der Waals surface area contributed by atoms with Crippen molar-refractivity contribution in [3.8, 4) is 5.75 Å². The molecule has 0 fully saturated rings. The molecular weight excluding hydrogens is 138 g/mol. The number of hydrogen-bond acceptors (Lipinski definition) is 2. The Bertz CT molecular complexity index is 255. The van der Waals surface area contributed by atoms with Gasteiger partial charge in [-0.3, -0.25) is 0 Å². The zero-order chi connectivity index (χ0) is 8.10. The number of benzene rings is 1.